The van der Waals surface area contributed by atoms with Crippen LogP contribution in [-0.2, 0) is 21.7 Å². The Kier molecular flexibility index (Phi) is 18.1. The number of halogens is 9. The molecule has 0 aliphatic heterocycles. The zero-order valence-electron chi connectivity index (χ0n) is 40.5. The molecule has 0 N–H and O–H groups in total. The number of benzene rings is 9. The van der Waals surface area contributed by atoms with E-state index in [1.807, 2.05) is 18.2 Å². The summed E-state index contributed by atoms with van der Waals surface area (Å²) < 4.78 is 88.4. The van der Waals surface area contributed by atoms with E-state index >= 15 is 0 Å². The van der Waals surface area contributed by atoms with E-state index in [2.05, 4.69) is 64.1 Å². The second-order valence-corrected chi connectivity index (χ2v) is 21.8. The molecule has 0 fully saturated rings. The third kappa shape index (κ3) is 11.1. The summed E-state index contributed by atoms with van der Waals surface area (Å²) in [6, 6.07) is 57.5. The summed E-state index contributed by atoms with van der Waals surface area (Å²) >= 11 is 0. The number of hydrogen-bond donors (Lipinski definition) is 0. The fraction of sp³-hybridized carbons (Fsp3) is 0.0635. The van der Waals surface area contributed by atoms with E-state index in [0.717, 1.165) is 110 Å². The van der Waals surface area contributed by atoms with Crippen molar-refractivity contribution in [1.29, 1.82) is 0 Å². The Bertz CT molecular complexity index is 3010. The topological polar surface area (TPSA) is 0 Å². The van der Waals surface area contributed by atoms with Crippen LogP contribution < -0.4 is 58.0 Å². The molecule has 10 rings (SSSR count). The van der Waals surface area contributed by atoms with Gasteiger partial charge in [-0.3, -0.25) is 0 Å². The summed E-state index contributed by atoms with van der Waals surface area (Å²) in [6.45, 7) is 8.59. The molecule has 0 unspecified atom stereocenters. The average molecular weight is 1100 g/mol. The van der Waals surface area contributed by atoms with Crippen molar-refractivity contribution in [3.63, 3.8) is 0 Å². The molecule has 11 heteroatoms. The predicted octanol–water partition coefficient (Wildman–Crippen LogP) is 5.86. The molecular formula is C63H45Cl3F6SiTi. The van der Waals surface area contributed by atoms with Gasteiger partial charge >= 0.3 is 21.7 Å². The van der Waals surface area contributed by atoms with Crippen LogP contribution in [-0.4, -0.2) is 8.07 Å². The van der Waals surface area contributed by atoms with Gasteiger partial charge in [0, 0.05) is 0 Å². The molecule has 74 heavy (non-hydrogen) atoms. The zero-order valence-corrected chi connectivity index (χ0v) is 45.3. The fourth-order valence-electron chi connectivity index (χ4n) is 10.1. The average Bonchev–Trinajstić information content (AvgIpc) is 3.56. The molecule has 0 nitrogen and oxygen atoms in total. The second-order valence-electron chi connectivity index (χ2n) is 18.1. The molecule has 0 heterocycles. The van der Waals surface area contributed by atoms with Crippen LogP contribution in [0.25, 0.3) is 66.8 Å². The molecule has 0 aliphatic rings. The van der Waals surface area contributed by atoms with Crippen molar-refractivity contribution in [2.24, 2.45) is 0 Å². The van der Waals surface area contributed by atoms with Crippen LogP contribution in [0, 0.1) is 62.6 Å². The molecule has 0 amide bonds. The maximum Gasteiger partial charge on any atom is 4.00 e. The Hall–Kier alpha value is -6.29. The normalized spacial score (nSPS) is 10.9. The minimum Gasteiger partial charge on any atom is -1.00 e. The Morgan fingerprint density at radius 2 is 0.419 bits per heavy atom. The van der Waals surface area contributed by atoms with Crippen LogP contribution >= 0.6 is 0 Å². The maximum atomic E-state index is 14.7. The van der Waals surface area contributed by atoms with E-state index in [1.54, 1.807) is 72.8 Å². The molecule has 0 saturated heterocycles. The van der Waals surface area contributed by atoms with Gasteiger partial charge in [-0.25, -0.2) is 26.3 Å². The molecule has 10 aromatic rings. The Morgan fingerprint density at radius 1 is 0.257 bits per heavy atom. The summed E-state index contributed by atoms with van der Waals surface area (Å²) in [7, 11) is -3.90. The van der Waals surface area contributed by atoms with Gasteiger partial charge in [-0.05, 0) is 158 Å². The van der Waals surface area contributed by atoms with Gasteiger partial charge in [-0.15, -0.1) is 5.19 Å². The van der Waals surface area contributed by atoms with Crippen molar-refractivity contribution in [2.75, 3.05) is 0 Å². The third-order valence-electron chi connectivity index (χ3n) is 14.0. The minimum atomic E-state index is -3.90. The van der Waals surface area contributed by atoms with Gasteiger partial charge in [-0.1, -0.05) is 152 Å². The fourth-order valence-corrected chi connectivity index (χ4v) is 15.7. The second kappa shape index (κ2) is 23.5. The SMILES string of the molecule is Cc1c(C)c(C)[c-]([Si](c2cc(-c3ccc(F)cc3)cc(-c3ccc(F)cc3)c2)(c2cc(-c3ccc(F)cc3)cc(-c3ccc(F)cc3)c2)c2cc(-c3ccc(F)cc3)cc(-c3ccc(F)cc3)c2)c1C.[Cl-].[Cl-].[Cl-].[Ti+4]. The first-order valence-electron chi connectivity index (χ1n) is 23.0. The van der Waals surface area contributed by atoms with E-state index in [0.29, 0.717) is 0 Å². The van der Waals surface area contributed by atoms with Crippen LogP contribution in [0.5, 0.6) is 0 Å². The van der Waals surface area contributed by atoms with Crippen LogP contribution in [0.3, 0.4) is 0 Å². The summed E-state index contributed by atoms with van der Waals surface area (Å²) in [4.78, 5) is 0. The first-order chi connectivity index (χ1) is 33.7. The van der Waals surface area contributed by atoms with Crippen LogP contribution in [0.2, 0.25) is 0 Å². The van der Waals surface area contributed by atoms with Crippen molar-refractivity contribution in [2.45, 2.75) is 27.7 Å². The molecular weight excluding hydrogens is 1050 g/mol. The van der Waals surface area contributed by atoms with Crippen molar-refractivity contribution in [3.05, 3.63) is 257 Å². The van der Waals surface area contributed by atoms with E-state index in [-0.39, 0.29) is 93.8 Å². The van der Waals surface area contributed by atoms with Crippen LogP contribution in [0.15, 0.2) is 200 Å². The van der Waals surface area contributed by atoms with Gasteiger partial charge in [-0.2, -0.15) is 22.3 Å². The van der Waals surface area contributed by atoms with Gasteiger partial charge in [0.1, 0.15) is 43.0 Å². The van der Waals surface area contributed by atoms with Crippen LogP contribution in [0.4, 0.5) is 26.3 Å². The van der Waals surface area contributed by atoms with E-state index in [4.69, 9.17) is 0 Å². The van der Waals surface area contributed by atoms with Gasteiger partial charge in [0.2, 0.25) is 0 Å². The number of rotatable bonds is 10. The maximum absolute atomic E-state index is 14.7. The summed E-state index contributed by atoms with van der Waals surface area (Å²) in [5.41, 5.74) is 13.8. The van der Waals surface area contributed by atoms with Gasteiger partial charge < -0.3 is 37.2 Å². The molecule has 368 valence electrons. The minimum absolute atomic E-state index is 0. The summed E-state index contributed by atoms with van der Waals surface area (Å²) in [5.74, 6) is -2.29. The molecule has 10 aromatic carbocycles. The van der Waals surface area contributed by atoms with Gasteiger partial charge in [0.15, 0.2) is 0 Å². The van der Waals surface area contributed by atoms with Gasteiger partial charge in [0.05, 0.1) is 0 Å². The Balaban J connectivity index is 0.00000223. The zero-order chi connectivity index (χ0) is 48.8. The van der Waals surface area contributed by atoms with Crippen molar-refractivity contribution in [3.8, 4) is 66.8 Å². The third-order valence-corrected chi connectivity index (χ3v) is 18.9. The predicted molar refractivity (Wildman–Crippen MR) is 277 cm³/mol. The Morgan fingerprint density at radius 3 is 0.581 bits per heavy atom. The van der Waals surface area contributed by atoms with Crippen molar-refractivity contribution in [1.82, 2.24) is 0 Å². The quantitative estimate of drug-likeness (QED) is 0.0698. The molecule has 0 atom stereocenters. The monoisotopic (exact) mass is 1100 g/mol. The standard InChI is InChI=1S/C63H45F6Si.3ClH.Ti/c1-38-39(2)41(4)63(40(38)3)70(60-32-48(42-5-17-54(64)18-6-42)29-49(33-60)43-7-19-55(65)20-8-43,61-34-50(44-9-21-56(66)22-10-44)30-51(35-61)45-11-23-57(67)24-12-45)62-36-52(46-13-25-58(68)26-14-46)31-53(37-62)47-15-27-59(69)28-16-47;;;;/h5-37H,1-4H3;3*1H;/q-1;;;;+4/p-3. The number of hydrogen-bond acceptors (Lipinski definition) is 0. The summed E-state index contributed by atoms with van der Waals surface area (Å²) in [6.07, 6.45) is 0. The molecule has 0 spiro atoms. The molecule has 0 radical (unpaired) electrons. The van der Waals surface area contributed by atoms with Gasteiger partial charge in [0.25, 0.3) is 0 Å². The van der Waals surface area contributed by atoms with Crippen molar-refractivity contribution < 1.29 is 85.3 Å². The first-order valence-corrected chi connectivity index (χ1v) is 25.0. The van der Waals surface area contributed by atoms with Crippen LogP contribution in [0.1, 0.15) is 22.3 Å². The largest absolute Gasteiger partial charge is 4.00 e. The van der Waals surface area contributed by atoms with E-state index in [9.17, 15) is 26.3 Å². The Labute approximate surface area is 462 Å². The first kappa shape index (κ1) is 57.0. The van der Waals surface area contributed by atoms with Crippen molar-refractivity contribution >= 4 is 28.8 Å². The van der Waals surface area contributed by atoms with E-state index < -0.39 is 8.07 Å². The smallest absolute Gasteiger partial charge is 1.00 e. The molecule has 0 aromatic heterocycles. The van der Waals surface area contributed by atoms with E-state index in [1.165, 1.54) is 72.8 Å². The summed E-state index contributed by atoms with van der Waals surface area (Å²) in [5, 5.41) is 3.93. The molecule has 0 saturated carbocycles. The molecule has 0 bridgehead atoms. The molecule has 0 aliphatic carbocycles.